The molecule has 0 amide bonds. The fourth-order valence-corrected chi connectivity index (χ4v) is 6.34. The minimum absolute atomic E-state index is 0.191. The second-order valence-corrected chi connectivity index (χ2v) is 10.3. The summed E-state index contributed by atoms with van der Waals surface area (Å²) in [6.07, 6.45) is 14.3. The lowest BCUT2D eigenvalue weighted by Gasteiger charge is -2.42. The van der Waals surface area contributed by atoms with Crippen molar-refractivity contribution in [3.05, 3.63) is 53.3 Å². The fourth-order valence-electron chi connectivity index (χ4n) is 6.34. The second kappa shape index (κ2) is 11.0. The first-order chi connectivity index (χ1) is 16.0. The molecule has 2 aromatic carbocycles. The van der Waals surface area contributed by atoms with Crippen LogP contribution >= 0.6 is 0 Å². The SMILES string of the molecule is CCCCCCC1CCC2CC(c3ccc(-c4cc(F)c(OC)c(F)c4)c(F)c3)CCC2C1. The van der Waals surface area contributed by atoms with Gasteiger partial charge >= 0.3 is 0 Å². The Morgan fingerprint density at radius 1 is 0.818 bits per heavy atom. The van der Waals surface area contributed by atoms with Crippen molar-refractivity contribution in [3.8, 4) is 16.9 Å². The number of hydrogen-bond donors (Lipinski definition) is 0. The van der Waals surface area contributed by atoms with Crippen LogP contribution in [0.2, 0.25) is 0 Å². The molecule has 2 fully saturated rings. The molecular weight excluding hydrogens is 421 g/mol. The number of rotatable bonds is 8. The minimum Gasteiger partial charge on any atom is -0.491 e. The highest BCUT2D eigenvalue weighted by atomic mass is 19.1. The molecule has 4 rings (SSSR count). The molecule has 0 heterocycles. The second-order valence-electron chi connectivity index (χ2n) is 10.3. The van der Waals surface area contributed by atoms with Gasteiger partial charge in [-0.1, -0.05) is 57.6 Å². The lowest BCUT2D eigenvalue weighted by Crippen LogP contribution is -2.30. The van der Waals surface area contributed by atoms with Crippen molar-refractivity contribution in [2.75, 3.05) is 7.11 Å². The van der Waals surface area contributed by atoms with E-state index < -0.39 is 23.2 Å². The number of ether oxygens (including phenoxy) is 1. The molecular formula is C29H37F3O. The number of halogens is 3. The van der Waals surface area contributed by atoms with Gasteiger partial charge in [-0.15, -0.1) is 0 Å². The quantitative estimate of drug-likeness (QED) is 0.359. The van der Waals surface area contributed by atoms with Crippen LogP contribution in [0.25, 0.3) is 11.1 Å². The molecule has 0 radical (unpaired) electrons. The first kappa shape index (κ1) is 24.2. The average molecular weight is 459 g/mol. The van der Waals surface area contributed by atoms with Gasteiger partial charge in [0.15, 0.2) is 17.4 Å². The standard InChI is InChI=1S/C29H37F3O/c1-3-4-5-6-7-19-8-9-21-15-22(11-10-20(21)14-19)23-12-13-25(26(30)16-23)24-17-27(31)29(33-2)28(32)18-24/h12-13,16-22H,3-11,14-15H2,1-2H3. The molecule has 180 valence electrons. The maximum Gasteiger partial charge on any atom is 0.190 e. The Balaban J connectivity index is 1.39. The number of methoxy groups -OCH3 is 1. The summed E-state index contributed by atoms with van der Waals surface area (Å²) >= 11 is 0. The van der Waals surface area contributed by atoms with E-state index in [4.69, 9.17) is 4.74 Å². The summed E-state index contributed by atoms with van der Waals surface area (Å²) in [5.74, 6) is 0.355. The molecule has 0 aliphatic heterocycles. The number of hydrogen-bond acceptors (Lipinski definition) is 1. The predicted molar refractivity (Wildman–Crippen MR) is 128 cm³/mol. The Kier molecular flexibility index (Phi) is 8.03. The molecule has 4 unspecified atom stereocenters. The van der Waals surface area contributed by atoms with Crippen LogP contribution in [0, 0.1) is 35.2 Å². The van der Waals surface area contributed by atoms with E-state index in [-0.39, 0.29) is 11.1 Å². The van der Waals surface area contributed by atoms with E-state index in [1.807, 2.05) is 6.07 Å². The third kappa shape index (κ3) is 5.58. The maximum absolute atomic E-state index is 15.0. The van der Waals surface area contributed by atoms with Crippen molar-refractivity contribution < 1.29 is 17.9 Å². The Labute approximate surface area is 196 Å². The van der Waals surface area contributed by atoms with Crippen molar-refractivity contribution in [2.45, 2.75) is 83.5 Å². The number of fused-ring (bicyclic) bond motifs is 1. The monoisotopic (exact) mass is 458 g/mol. The number of benzene rings is 2. The summed E-state index contributed by atoms with van der Waals surface area (Å²) in [6.45, 7) is 2.27. The summed E-state index contributed by atoms with van der Waals surface area (Å²) in [7, 11) is 1.21. The van der Waals surface area contributed by atoms with Gasteiger partial charge in [-0.05, 0) is 85.1 Å². The molecule has 0 bridgehead atoms. The van der Waals surface area contributed by atoms with Crippen LogP contribution in [0.3, 0.4) is 0 Å². The molecule has 0 spiro atoms. The van der Waals surface area contributed by atoms with Crippen molar-refractivity contribution in [2.24, 2.45) is 17.8 Å². The summed E-state index contributed by atoms with van der Waals surface area (Å²) in [5, 5.41) is 0. The highest BCUT2D eigenvalue weighted by Crippen LogP contribution is 2.48. The molecule has 0 saturated heterocycles. The van der Waals surface area contributed by atoms with Crippen molar-refractivity contribution in [3.63, 3.8) is 0 Å². The summed E-state index contributed by atoms with van der Waals surface area (Å²) in [6, 6.07) is 7.46. The zero-order valence-electron chi connectivity index (χ0n) is 20.0. The van der Waals surface area contributed by atoms with E-state index in [0.717, 1.165) is 48.3 Å². The lowest BCUT2D eigenvalue weighted by atomic mass is 9.63. The average Bonchev–Trinajstić information content (AvgIpc) is 2.81. The van der Waals surface area contributed by atoms with Gasteiger partial charge in [0.2, 0.25) is 0 Å². The van der Waals surface area contributed by atoms with Crippen LogP contribution in [0.5, 0.6) is 5.75 Å². The van der Waals surface area contributed by atoms with Crippen LogP contribution < -0.4 is 4.74 Å². The molecule has 2 aliphatic carbocycles. The van der Waals surface area contributed by atoms with Crippen molar-refractivity contribution >= 4 is 0 Å². The first-order valence-corrected chi connectivity index (χ1v) is 12.8. The number of unbranched alkanes of at least 4 members (excludes halogenated alkanes) is 3. The van der Waals surface area contributed by atoms with Crippen molar-refractivity contribution in [1.82, 2.24) is 0 Å². The zero-order valence-corrected chi connectivity index (χ0v) is 20.0. The van der Waals surface area contributed by atoms with E-state index in [1.165, 1.54) is 64.9 Å². The molecule has 2 aliphatic rings. The third-order valence-electron chi connectivity index (χ3n) is 8.17. The molecule has 4 atom stereocenters. The lowest BCUT2D eigenvalue weighted by molar-refractivity contribution is 0.113. The molecule has 4 heteroatoms. The molecule has 33 heavy (non-hydrogen) atoms. The van der Waals surface area contributed by atoms with Gasteiger partial charge in [0.05, 0.1) is 7.11 Å². The molecule has 0 aromatic heterocycles. The van der Waals surface area contributed by atoms with E-state index in [9.17, 15) is 8.78 Å². The zero-order chi connectivity index (χ0) is 23.4. The van der Waals surface area contributed by atoms with E-state index in [1.54, 1.807) is 12.1 Å². The summed E-state index contributed by atoms with van der Waals surface area (Å²) in [5.41, 5.74) is 1.43. The predicted octanol–water partition coefficient (Wildman–Crippen LogP) is 9.05. The fraction of sp³-hybridized carbons (Fsp3) is 0.586. The normalized spacial score (nSPS) is 25.0. The first-order valence-electron chi connectivity index (χ1n) is 12.8. The van der Waals surface area contributed by atoms with Gasteiger partial charge < -0.3 is 4.74 Å². The van der Waals surface area contributed by atoms with Gasteiger partial charge in [-0.2, -0.15) is 0 Å². The summed E-state index contributed by atoms with van der Waals surface area (Å²) < 4.78 is 47.9. The maximum atomic E-state index is 15.0. The highest BCUT2D eigenvalue weighted by molar-refractivity contribution is 5.66. The van der Waals surface area contributed by atoms with Gasteiger partial charge in [0.25, 0.3) is 0 Å². The Morgan fingerprint density at radius 2 is 1.55 bits per heavy atom. The smallest absolute Gasteiger partial charge is 0.190 e. The van der Waals surface area contributed by atoms with Gasteiger partial charge in [0, 0.05) is 5.56 Å². The van der Waals surface area contributed by atoms with E-state index in [0.29, 0.717) is 5.92 Å². The van der Waals surface area contributed by atoms with Crippen LogP contribution in [0.15, 0.2) is 30.3 Å². The van der Waals surface area contributed by atoms with Crippen molar-refractivity contribution in [1.29, 1.82) is 0 Å². The van der Waals surface area contributed by atoms with E-state index >= 15 is 4.39 Å². The van der Waals surface area contributed by atoms with Gasteiger partial charge in [-0.3, -0.25) is 0 Å². The molecule has 1 nitrogen and oxygen atoms in total. The summed E-state index contributed by atoms with van der Waals surface area (Å²) in [4.78, 5) is 0. The molecule has 2 aromatic rings. The van der Waals surface area contributed by atoms with E-state index in [2.05, 4.69) is 6.92 Å². The van der Waals surface area contributed by atoms with Gasteiger partial charge in [-0.25, -0.2) is 13.2 Å². The van der Waals surface area contributed by atoms with Crippen LogP contribution in [0.4, 0.5) is 13.2 Å². The minimum atomic E-state index is -0.824. The molecule has 2 saturated carbocycles. The molecule has 0 N–H and O–H groups in total. The van der Waals surface area contributed by atoms with Crippen LogP contribution in [-0.4, -0.2) is 7.11 Å². The third-order valence-corrected chi connectivity index (χ3v) is 8.17. The largest absolute Gasteiger partial charge is 0.491 e. The Hall–Kier alpha value is -1.97. The van der Waals surface area contributed by atoms with Crippen LogP contribution in [-0.2, 0) is 0 Å². The Bertz CT molecular complexity index is 917. The highest BCUT2D eigenvalue weighted by Gasteiger charge is 2.36. The topological polar surface area (TPSA) is 9.23 Å². The van der Waals surface area contributed by atoms with Gasteiger partial charge in [0.1, 0.15) is 5.82 Å². The Morgan fingerprint density at radius 3 is 2.24 bits per heavy atom. The van der Waals surface area contributed by atoms with Crippen LogP contribution in [0.1, 0.15) is 89.0 Å².